The van der Waals surface area contributed by atoms with Crippen LogP contribution in [-0.2, 0) is 56.1 Å². The number of aliphatic hydroxyl groups is 1. The van der Waals surface area contributed by atoms with Crippen LogP contribution >= 0.6 is 0 Å². The first kappa shape index (κ1) is 42.6. The van der Waals surface area contributed by atoms with Gasteiger partial charge in [-0.15, -0.1) is 0 Å². The summed E-state index contributed by atoms with van der Waals surface area (Å²) in [5.41, 5.74) is 17.1. The molecule has 0 saturated carbocycles. The third kappa shape index (κ3) is 16.8. The molecular weight excluding hydrogens is 698 g/mol. The molecule has 0 bridgehead atoms. The van der Waals surface area contributed by atoms with Crippen LogP contribution in [0.1, 0.15) is 30.4 Å². The number of alkyl carbamates (subject to hydrolysis) is 1. The molecule has 2 aromatic rings. The standard InChI is InChI=1S/C33H43N9O11/c34-25(44)12-11-21(42-33(52)53-18-20-9-5-2-6-10-20)30(49)38-15-27(46)37-16-28(47)39-24(17-43)32(51)41-23(14-26(35)45)31(50)40-22(29(36)48)13-19-7-3-1-4-8-19/h1-10,21-24,43H,11-18H2,(H2,34,44)(H2,35,45)(H2,36,48)(H,37,46)(H,38,49)(H,39,47)(H,40,50)(H,41,51)(H,42,52)/t21-,22-,23-,24-/m0/s1. The number of rotatable bonds is 22. The van der Waals surface area contributed by atoms with Gasteiger partial charge in [-0.2, -0.15) is 0 Å². The monoisotopic (exact) mass is 741 g/mol. The van der Waals surface area contributed by atoms with Gasteiger partial charge in [0, 0.05) is 12.8 Å². The van der Waals surface area contributed by atoms with Gasteiger partial charge < -0.3 is 58.9 Å². The topological polar surface area (TPSA) is 333 Å². The van der Waals surface area contributed by atoms with E-state index >= 15 is 0 Å². The van der Waals surface area contributed by atoms with Crippen LogP contribution < -0.4 is 49.1 Å². The lowest BCUT2D eigenvalue weighted by Gasteiger charge is -2.23. The van der Waals surface area contributed by atoms with Crippen LogP contribution in [0.15, 0.2) is 60.7 Å². The average Bonchev–Trinajstić information content (AvgIpc) is 3.12. The lowest BCUT2D eigenvalue weighted by Crippen LogP contribution is -2.58. The molecule has 0 aliphatic heterocycles. The molecule has 20 nitrogen and oxygen atoms in total. The smallest absolute Gasteiger partial charge is 0.408 e. The van der Waals surface area contributed by atoms with Crippen LogP contribution in [0.25, 0.3) is 0 Å². The van der Waals surface area contributed by atoms with E-state index in [2.05, 4.69) is 31.9 Å². The van der Waals surface area contributed by atoms with Gasteiger partial charge in [0.25, 0.3) is 0 Å². The highest BCUT2D eigenvalue weighted by Crippen LogP contribution is 2.05. The summed E-state index contributed by atoms with van der Waals surface area (Å²) < 4.78 is 5.08. The highest BCUT2D eigenvalue weighted by atomic mass is 16.5. The second-order valence-electron chi connectivity index (χ2n) is 11.4. The van der Waals surface area contributed by atoms with Crippen molar-refractivity contribution in [2.45, 2.75) is 56.5 Å². The fourth-order valence-electron chi connectivity index (χ4n) is 4.46. The number of amides is 9. The zero-order valence-corrected chi connectivity index (χ0v) is 28.5. The van der Waals surface area contributed by atoms with E-state index in [1.807, 2.05) is 0 Å². The summed E-state index contributed by atoms with van der Waals surface area (Å²) in [5, 5.41) is 23.1. The Morgan fingerprint density at radius 1 is 0.604 bits per heavy atom. The SMILES string of the molecule is NC(=O)CC[C@H](NC(=O)OCc1ccccc1)C(=O)NCC(=O)NCC(=O)N[C@@H](CO)C(=O)N[C@@H](CC(N)=O)C(=O)N[C@@H](Cc1ccccc1)C(N)=O. The Morgan fingerprint density at radius 2 is 1.17 bits per heavy atom. The van der Waals surface area contributed by atoms with Gasteiger partial charge in [0.2, 0.25) is 47.3 Å². The highest BCUT2D eigenvalue weighted by molar-refractivity contribution is 5.97. The number of hydrogen-bond donors (Lipinski definition) is 10. The van der Waals surface area contributed by atoms with Crippen molar-refractivity contribution in [2.24, 2.45) is 17.2 Å². The molecule has 0 aliphatic rings. The molecule has 4 atom stereocenters. The van der Waals surface area contributed by atoms with Gasteiger partial charge in [-0.1, -0.05) is 60.7 Å². The minimum absolute atomic E-state index is 0.000461. The number of primary amides is 3. The van der Waals surface area contributed by atoms with E-state index < -0.39 is 104 Å². The molecule has 0 aliphatic carbocycles. The Hall–Kier alpha value is -6.57. The van der Waals surface area contributed by atoms with Gasteiger partial charge in [0.05, 0.1) is 26.1 Å². The van der Waals surface area contributed by atoms with Gasteiger partial charge in [-0.25, -0.2) is 4.79 Å². The molecule has 0 aromatic heterocycles. The van der Waals surface area contributed by atoms with E-state index in [-0.39, 0.29) is 25.9 Å². The fourth-order valence-corrected chi connectivity index (χ4v) is 4.46. The minimum Gasteiger partial charge on any atom is -0.445 e. The Morgan fingerprint density at radius 3 is 1.74 bits per heavy atom. The van der Waals surface area contributed by atoms with Crippen molar-refractivity contribution in [1.29, 1.82) is 0 Å². The van der Waals surface area contributed by atoms with Gasteiger partial charge >= 0.3 is 6.09 Å². The first-order valence-corrected chi connectivity index (χ1v) is 16.1. The molecule has 0 fully saturated rings. The molecular formula is C33H43N9O11. The maximum Gasteiger partial charge on any atom is 0.408 e. The van der Waals surface area contributed by atoms with Gasteiger partial charge in [-0.05, 0) is 17.5 Å². The van der Waals surface area contributed by atoms with Crippen molar-refractivity contribution in [1.82, 2.24) is 31.9 Å². The number of nitrogens with two attached hydrogens (primary N) is 3. The maximum absolute atomic E-state index is 13.0. The van der Waals surface area contributed by atoms with Crippen LogP contribution in [0.5, 0.6) is 0 Å². The second-order valence-corrected chi connectivity index (χ2v) is 11.4. The van der Waals surface area contributed by atoms with E-state index in [0.29, 0.717) is 11.1 Å². The predicted molar refractivity (Wildman–Crippen MR) is 184 cm³/mol. The van der Waals surface area contributed by atoms with Gasteiger partial charge in [0.15, 0.2) is 0 Å². The van der Waals surface area contributed by atoms with Crippen LogP contribution in [0.4, 0.5) is 4.79 Å². The van der Waals surface area contributed by atoms with Crippen molar-refractivity contribution in [2.75, 3.05) is 19.7 Å². The maximum atomic E-state index is 13.0. The number of nitrogens with one attached hydrogen (secondary N) is 6. The Balaban J connectivity index is 1.89. The van der Waals surface area contributed by atoms with Gasteiger partial charge in [-0.3, -0.25) is 38.4 Å². The van der Waals surface area contributed by atoms with E-state index in [0.717, 1.165) is 0 Å². The summed E-state index contributed by atoms with van der Waals surface area (Å²) in [6.45, 7) is -2.49. The zero-order chi connectivity index (χ0) is 39.3. The second kappa shape index (κ2) is 22.3. The van der Waals surface area contributed by atoms with Crippen molar-refractivity contribution < 1.29 is 53.0 Å². The summed E-state index contributed by atoms with van der Waals surface area (Å²) in [6.07, 6.45) is -2.17. The molecule has 0 unspecified atom stereocenters. The average molecular weight is 742 g/mol. The number of carbonyl (C=O) groups is 9. The van der Waals surface area contributed by atoms with E-state index in [1.165, 1.54) is 0 Å². The van der Waals surface area contributed by atoms with Crippen molar-refractivity contribution in [3.8, 4) is 0 Å². The van der Waals surface area contributed by atoms with E-state index in [4.69, 9.17) is 21.9 Å². The number of carbonyl (C=O) groups excluding carboxylic acids is 9. The number of hydrogen-bond acceptors (Lipinski definition) is 11. The first-order chi connectivity index (χ1) is 25.2. The Kier molecular flexibility index (Phi) is 17.9. The molecule has 0 radical (unpaired) electrons. The predicted octanol–water partition coefficient (Wildman–Crippen LogP) is -4.17. The number of ether oxygens (including phenoxy) is 1. The molecule has 0 spiro atoms. The summed E-state index contributed by atoms with van der Waals surface area (Å²) in [5.74, 6) is -7.47. The third-order valence-corrected chi connectivity index (χ3v) is 7.19. The molecule has 2 aromatic carbocycles. The molecule has 286 valence electrons. The Labute approximate surface area is 303 Å². The number of benzene rings is 2. The normalized spacial score (nSPS) is 12.7. The highest BCUT2D eigenvalue weighted by Gasteiger charge is 2.30. The lowest BCUT2D eigenvalue weighted by molar-refractivity contribution is -0.135. The van der Waals surface area contributed by atoms with Crippen LogP contribution in [0.3, 0.4) is 0 Å². The van der Waals surface area contributed by atoms with Crippen molar-refractivity contribution in [3.05, 3.63) is 71.8 Å². The summed E-state index contributed by atoms with van der Waals surface area (Å²) >= 11 is 0. The van der Waals surface area contributed by atoms with Crippen molar-refractivity contribution in [3.63, 3.8) is 0 Å². The molecule has 53 heavy (non-hydrogen) atoms. The molecule has 0 saturated heterocycles. The quantitative estimate of drug-likeness (QED) is 0.0552. The molecule has 9 amide bonds. The molecule has 2 rings (SSSR count). The number of aliphatic hydroxyl groups excluding tert-OH is 1. The van der Waals surface area contributed by atoms with Crippen LogP contribution in [0, 0.1) is 0 Å². The zero-order valence-electron chi connectivity index (χ0n) is 28.5. The van der Waals surface area contributed by atoms with Crippen LogP contribution in [-0.4, -0.2) is 102 Å². The Bertz CT molecular complexity index is 1610. The van der Waals surface area contributed by atoms with E-state index in [1.54, 1.807) is 60.7 Å². The minimum atomic E-state index is -1.67. The molecule has 20 heteroatoms. The molecule has 13 N–H and O–H groups in total. The third-order valence-electron chi connectivity index (χ3n) is 7.19. The first-order valence-electron chi connectivity index (χ1n) is 16.1. The van der Waals surface area contributed by atoms with Gasteiger partial charge in [0.1, 0.15) is 30.8 Å². The largest absolute Gasteiger partial charge is 0.445 e. The van der Waals surface area contributed by atoms with Crippen LogP contribution in [0.2, 0.25) is 0 Å². The van der Waals surface area contributed by atoms with E-state index in [9.17, 15) is 48.3 Å². The molecule has 0 heterocycles. The fraction of sp³-hybridized carbons (Fsp3) is 0.364. The summed E-state index contributed by atoms with van der Waals surface area (Å²) in [4.78, 5) is 111. The lowest BCUT2D eigenvalue weighted by atomic mass is 10.0. The summed E-state index contributed by atoms with van der Waals surface area (Å²) in [7, 11) is 0. The van der Waals surface area contributed by atoms with Crippen molar-refractivity contribution >= 4 is 53.4 Å². The summed E-state index contributed by atoms with van der Waals surface area (Å²) in [6, 6.07) is 11.4.